The van der Waals surface area contributed by atoms with Gasteiger partial charge in [-0.25, -0.2) is 0 Å². The molecule has 0 unspecified atom stereocenters. The lowest BCUT2D eigenvalue weighted by Gasteiger charge is -2.13. The van der Waals surface area contributed by atoms with E-state index in [1.807, 2.05) is 0 Å². The van der Waals surface area contributed by atoms with Crippen LogP contribution in [-0.2, 0) is 11.3 Å². The molecule has 3 rings (SSSR count). The molecule has 2 fully saturated rings. The second-order valence-corrected chi connectivity index (χ2v) is 6.57. The maximum atomic E-state index is 12.0. The van der Waals surface area contributed by atoms with E-state index in [0.29, 0.717) is 12.5 Å². The Balaban J connectivity index is 1.56. The van der Waals surface area contributed by atoms with E-state index in [9.17, 15) is 4.79 Å². The highest BCUT2D eigenvalue weighted by Gasteiger charge is 2.32. The van der Waals surface area contributed by atoms with Gasteiger partial charge in [0.1, 0.15) is 0 Å². The molecule has 21 heavy (non-hydrogen) atoms. The molecule has 0 bridgehead atoms. The monoisotopic (exact) mass is 289 g/mol. The molecule has 0 saturated heterocycles. The summed E-state index contributed by atoms with van der Waals surface area (Å²) >= 11 is 0. The number of hydrogen-bond acceptors (Lipinski definition) is 2. The van der Waals surface area contributed by atoms with Gasteiger partial charge in [0.15, 0.2) is 0 Å². The van der Waals surface area contributed by atoms with Gasteiger partial charge in [-0.2, -0.15) is 5.10 Å². The van der Waals surface area contributed by atoms with Crippen LogP contribution in [0.15, 0.2) is 6.07 Å². The number of carbonyl (C=O) groups is 1. The van der Waals surface area contributed by atoms with Crippen molar-refractivity contribution in [3.8, 4) is 0 Å². The maximum absolute atomic E-state index is 12.0. The molecule has 1 aromatic rings. The zero-order chi connectivity index (χ0) is 14.8. The van der Waals surface area contributed by atoms with Crippen LogP contribution < -0.4 is 5.32 Å². The van der Waals surface area contributed by atoms with E-state index in [1.54, 1.807) is 0 Å². The highest BCUT2D eigenvalue weighted by molar-refractivity contribution is 5.78. The van der Waals surface area contributed by atoms with Crippen molar-refractivity contribution in [3.05, 3.63) is 17.5 Å². The summed E-state index contributed by atoms with van der Waals surface area (Å²) in [5, 5.41) is 7.85. The largest absolute Gasteiger partial charge is 0.354 e. The van der Waals surface area contributed by atoms with Crippen molar-refractivity contribution in [1.82, 2.24) is 15.1 Å². The van der Waals surface area contributed by atoms with Gasteiger partial charge in [0.2, 0.25) is 5.91 Å². The molecule has 0 radical (unpaired) electrons. The first-order chi connectivity index (χ1) is 10.2. The third kappa shape index (κ3) is 3.47. The van der Waals surface area contributed by atoms with Gasteiger partial charge in [0.25, 0.3) is 0 Å². The molecule has 1 aromatic heterocycles. The molecule has 4 nitrogen and oxygen atoms in total. The van der Waals surface area contributed by atoms with Gasteiger partial charge in [-0.05, 0) is 44.6 Å². The van der Waals surface area contributed by atoms with Crippen molar-refractivity contribution in [2.75, 3.05) is 6.54 Å². The fraction of sp³-hybridized carbons (Fsp3) is 0.765. The van der Waals surface area contributed by atoms with Gasteiger partial charge in [-0.3, -0.25) is 9.48 Å². The Morgan fingerprint density at radius 2 is 1.95 bits per heavy atom. The first-order valence-electron chi connectivity index (χ1n) is 8.58. The number of hydrogen-bond donors (Lipinski definition) is 1. The molecule has 0 atom stereocenters. The molecular formula is C17H27N3O. The van der Waals surface area contributed by atoms with Crippen molar-refractivity contribution in [2.45, 2.75) is 70.8 Å². The zero-order valence-corrected chi connectivity index (χ0v) is 13.3. The molecule has 2 aliphatic rings. The lowest BCUT2D eigenvalue weighted by Crippen LogP contribution is -2.33. The van der Waals surface area contributed by atoms with Gasteiger partial charge in [0, 0.05) is 30.0 Å². The van der Waals surface area contributed by atoms with E-state index < -0.39 is 0 Å². The average molecular weight is 289 g/mol. The number of nitrogens with one attached hydrogen (secondary N) is 1. The Kier molecular flexibility index (Phi) is 4.32. The molecule has 2 aliphatic carbocycles. The summed E-state index contributed by atoms with van der Waals surface area (Å²) < 4.78 is 2.15. The SMILES string of the molecule is CCC(CC)C(=O)NCCn1nc(C2CC2)cc1C1CC1. The topological polar surface area (TPSA) is 46.9 Å². The quantitative estimate of drug-likeness (QED) is 0.799. The number of carbonyl (C=O) groups excluding carboxylic acids is 1. The molecule has 116 valence electrons. The second kappa shape index (κ2) is 6.20. The minimum atomic E-state index is 0.160. The smallest absolute Gasteiger partial charge is 0.223 e. The van der Waals surface area contributed by atoms with Crippen LogP contribution >= 0.6 is 0 Å². The maximum Gasteiger partial charge on any atom is 0.223 e. The summed E-state index contributed by atoms with van der Waals surface area (Å²) in [6.07, 6.45) is 7.04. The van der Waals surface area contributed by atoms with Crippen LogP contribution in [0.25, 0.3) is 0 Å². The molecule has 2 saturated carbocycles. The van der Waals surface area contributed by atoms with E-state index in [0.717, 1.165) is 25.3 Å². The first kappa shape index (κ1) is 14.6. The summed E-state index contributed by atoms with van der Waals surface area (Å²) in [6.45, 7) is 5.66. The van der Waals surface area contributed by atoms with Crippen LogP contribution in [0.3, 0.4) is 0 Å². The van der Waals surface area contributed by atoms with Crippen LogP contribution in [0.5, 0.6) is 0 Å². The van der Waals surface area contributed by atoms with Crippen LogP contribution in [0, 0.1) is 5.92 Å². The lowest BCUT2D eigenvalue weighted by molar-refractivity contribution is -0.125. The van der Waals surface area contributed by atoms with E-state index >= 15 is 0 Å². The zero-order valence-electron chi connectivity index (χ0n) is 13.3. The van der Waals surface area contributed by atoms with Crippen LogP contribution in [0.1, 0.15) is 75.6 Å². The Morgan fingerprint density at radius 3 is 2.52 bits per heavy atom. The van der Waals surface area contributed by atoms with Crippen molar-refractivity contribution in [3.63, 3.8) is 0 Å². The van der Waals surface area contributed by atoms with Crippen LogP contribution in [0.4, 0.5) is 0 Å². The minimum Gasteiger partial charge on any atom is -0.354 e. The summed E-state index contributed by atoms with van der Waals surface area (Å²) in [5.74, 6) is 1.79. The standard InChI is InChI=1S/C17H27N3O/c1-3-12(4-2)17(21)18-9-10-20-16(14-7-8-14)11-15(19-20)13-5-6-13/h11-14H,3-10H2,1-2H3,(H,18,21). The Morgan fingerprint density at radius 1 is 1.29 bits per heavy atom. The first-order valence-corrected chi connectivity index (χ1v) is 8.58. The highest BCUT2D eigenvalue weighted by atomic mass is 16.1. The van der Waals surface area contributed by atoms with E-state index in [-0.39, 0.29) is 11.8 Å². The van der Waals surface area contributed by atoms with Crippen molar-refractivity contribution < 1.29 is 4.79 Å². The number of aromatic nitrogens is 2. The van der Waals surface area contributed by atoms with Gasteiger partial charge in [-0.1, -0.05) is 13.8 Å². The van der Waals surface area contributed by atoms with Gasteiger partial charge >= 0.3 is 0 Å². The molecular weight excluding hydrogens is 262 g/mol. The van der Waals surface area contributed by atoms with E-state index in [4.69, 9.17) is 5.10 Å². The van der Waals surface area contributed by atoms with Gasteiger partial charge in [0.05, 0.1) is 12.2 Å². The predicted molar refractivity (Wildman–Crippen MR) is 83.3 cm³/mol. The molecule has 0 aliphatic heterocycles. The molecule has 4 heteroatoms. The molecule has 1 heterocycles. The van der Waals surface area contributed by atoms with Crippen LogP contribution in [0.2, 0.25) is 0 Å². The minimum absolute atomic E-state index is 0.160. The molecule has 0 spiro atoms. The summed E-state index contributed by atoms with van der Waals surface area (Å²) in [7, 11) is 0. The molecule has 0 aromatic carbocycles. The predicted octanol–water partition coefficient (Wildman–Crippen LogP) is 3.19. The van der Waals surface area contributed by atoms with Crippen molar-refractivity contribution in [2.24, 2.45) is 5.92 Å². The second-order valence-electron chi connectivity index (χ2n) is 6.57. The third-order valence-corrected chi connectivity index (χ3v) is 4.80. The summed E-state index contributed by atoms with van der Waals surface area (Å²) in [6, 6.07) is 2.32. The lowest BCUT2D eigenvalue weighted by atomic mass is 10.0. The third-order valence-electron chi connectivity index (χ3n) is 4.80. The van der Waals surface area contributed by atoms with Crippen molar-refractivity contribution in [1.29, 1.82) is 0 Å². The fourth-order valence-corrected chi connectivity index (χ4v) is 3.01. The van der Waals surface area contributed by atoms with Gasteiger partial charge < -0.3 is 5.32 Å². The highest BCUT2D eigenvalue weighted by Crippen LogP contribution is 2.44. The number of rotatable bonds is 8. The summed E-state index contributed by atoms with van der Waals surface area (Å²) in [4.78, 5) is 12.0. The Hall–Kier alpha value is -1.32. The van der Waals surface area contributed by atoms with Crippen molar-refractivity contribution >= 4 is 5.91 Å². The number of nitrogens with zero attached hydrogens (tertiary/aromatic N) is 2. The Bertz CT molecular complexity index is 496. The average Bonchev–Trinajstić information content (AvgIpc) is 3.39. The Labute approximate surface area is 127 Å². The molecule has 1 N–H and O–H groups in total. The number of amides is 1. The van der Waals surface area contributed by atoms with Crippen LogP contribution in [-0.4, -0.2) is 22.2 Å². The fourth-order valence-electron chi connectivity index (χ4n) is 3.01. The van der Waals surface area contributed by atoms with E-state index in [1.165, 1.54) is 37.1 Å². The van der Waals surface area contributed by atoms with E-state index in [2.05, 4.69) is 29.9 Å². The molecule has 1 amide bonds. The summed E-state index contributed by atoms with van der Waals surface area (Å²) in [5.41, 5.74) is 2.68. The van der Waals surface area contributed by atoms with Gasteiger partial charge in [-0.15, -0.1) is 0 Å². The normalized spacial score (nSPS) is 18.2.